The highest BCUT2D eigenvalue weighted by Gasteiger charge is 2.25. The largest absolute Gasteiger partial charge is 0.375 e. The fourth-order valence-electron chi connectivity index (χ4n) is 2.69. The Morgan fingerprint density at radius 2 is 2.28 bits per heavy atom. The molecule has 0 saturated heterocycles. The fourth-order valence-corrected chi connectivity index (χ4v) is 2.69. The van der Waals surface area contributed by atoms with E-state index >= 15 is 0 Å². The Kier molecular flexibility index (Phi) is 2.58. The van der Waals surface area contributed by atoms with Gasteiger partial charge in [0.2, 0.25) is 0 Å². The highest BCUT2D eigenvalue weighted by molar-refractivity contribution is 5.50. The van der Waals surface area contributed by atoms with E-state index in [9.17, 15) is 4.39 Å². The molecule has 4 heteroatoms. The molecule has 18 heavy (non-hydrogen) atoms. The number of anilines is 1. The summed E-state index contributed by atoms with van der Waals surface area (Å²) in [6.07, 6.45) is 3.70. The van der Waals surface area contributed by atoms with E-state index in [-0.39, 0.29) is 11.9 Å². The molecular weight excluding hydrogens is 229 g/mol. The molecule has 3 rings (SSSR count). The van der Waals surface area contributed by atoms with Gasteiger partial charge in [-0.15, -0.1) is 0 Å². The lowest BCUT2D eigenvalue weighted by Gasteiger charge is -2.14. The van der Waals surface area contributed by atoms with E-state index in [1.807, 2.05) is 26.2 Å². The first-order chi connectivity index (χ1) is 8.65. The third kappa shape index (κ3) is 1.78. The van der Waals surface area contributed by atoms with Crippen molar-refractivity contribution in [2.24, 2.45) is 7.05 Å². The molecule has 0 bridgehead atoms. The predicted molar refractivity (Wildman–Crippen MR) is 69.0 cm³/mol. The molecule has 1 aromatic carbocycles. The Labute approximate surface area is 106 Å². The summed E-state index contributed by atoms with van der Waals surface area (Å²) in [7, 11) is 1.90. The first-order valence-electron chi connectivity index (χ1n) is 6.19. The van der Waals surface area contributed by atoms with E-state index in [2.05, 4.69) is 10.4 Å². The number of hydrogen-bond acceptors (Lipinski definition) is 2. The van der Waals surface area contributed by atoms with Gasteiger partial charge in [0.05, 0.1) is 17.4 Å². The summed E-state index contributed by atoms with van der Waals surface area (Å²) in [6.45, 7) is 1.98. The second-order valence-electron chi connectivity index (χ2n) is 4.85. The summed E-state index contributed by atoms with van der Waals surface area (Å²) in [5, 5.41) is 7.77. The summed E-state index contributed by atoms with van der Waals surface area (Å²) in [6, 6.07) is 5.52. The molecule has 2 aromatic rings. The molecule has 0 fully saturated rings. The van der Waals surface area contributed by atoms with Gasteiger partial charge in [-0.1, -0.05) is 12.1 Å². The van der Waals surface area contributed by atoms with Crippen LogP contribution in [-0.2, 0) is 13.5 Å². The molecule has 3 nitrogen and oxygen atoms in total. The summed E-state index contributed by atoms with van der Waals surface area (Å²) >= 11 is 0. The van der Waals surface area contributed by atoms with Crippen molar-refractivity contribution in [1.82, 2.24) is 9.78 Å². The number of fused-ring (bicyclic) bond motifs is 1. The molecule has 94 valence electrons. The van der Waals surface area contributed by atoms with Crippen molar-refractivity contribution >= 4 is 5.69 Å². The van der Waals surface area contributed by atoms with Gasteiger partial charge in [0.25, 0.3) is 0 Å². The van der Waals surface area contributed by atoms with Crippen LogP contribution in [0.4, 0.5) is 10.1 Å². The molecule has 1 aromatic heterocycles. The molecule has 1 N–H and O–H groups in total. The van der Waals surface area contributed by atoms with Gasteiger partial charge < -0.3 is 5.32 Å². The molecule has 0 radical (unpaired) electrons. The van der Waals surface area contributed by atoms with Crippen molar-refractivity contribution in [3.8, 4) is 0 Å². The van der Waals surface area contributed by atoms with Crippen LogP contribution in [0.2, 0.25) is 0 Å². The van der Waals surface area contributed by atoms with E-state index in [1.54, 1.807) is 10.7 Å². The third-order valence-corrected chi connectivity index (χ3v) is 3.56. The molecule has 0 saturated carbocycles. The number of benzene rings is 1. The van der Waals surface area contributed by atoms with Crippen LogP contribution in [0.3, 0.4) is 0 Å². The maximum absolute atomic E-state index is 13.6. The smallest absolute Gasteiger partial charge is 0.126 e. The maximum atomic E-state index is 13.6. The number of aryl methyl sites for hydroxylation is 2. The van der Waals surface area contributed by atoms with Crippen molar-refractivity contribution in [1.29, 1.82) is 0 Å². The Morgan fingerprint density at radius 1 is 1.44 bits per heavy atom. The van der Waals surface area contributed by atoms with Gasteiger partial charge in [-0.3, -0.25) is 4.68 Å². The first-order valence-corrected chi connectivity index (χ1v) is 6.19. The number of rotatable bonds is 2. The summed E-state index contributed by atoms with van der Waals surface area (Å²) in [4.78, 5) is 0. The van der Waals surface area contributed by atoms with Crippen molar-refractivity contribution < 1.29 is 4.39 Å². The molecule has 1 unspecified atom stereocenters. The molecule has 0 amide bonds. The Morgan fingerprint density at radius 3 is 3.00 bits per heavy atom. The topological polar surface area (TPSA) is 29.9 Å². The van der Waals surface area contributed by atoms with Gasteiger partial charge in [0, 0.05) is 13.2 Å². The Bertz CT molecular complexity index is 589. The lowest BCUT2D eigenvalue weighted by Crippen LogP contribution is -2.07. The van der Waals surface area contributed by atoms with Crippen LogP contribution < -0.4 is 5.32 Å². The van der Waals surface area contributed by atoms with Gasteiger partial charge in [-0.25, -0.2) is 4.39 Å². The third-order valence-electron chi connectivity index (χ3n) is 3.56. The SMILES string of the molecule is Cc1nn(C)cc1NC1CCc2c(F)cccc21. The lowest BCUT2D eigenvalue weighted by atomic mass is 10.1. The van der Waals surface area contributed by atoms with Crippen LogP contribution in [-0.4, -0.2) is 9.78 Å². The minimum atomic E-state index is -0.0836. The number of aromatic nitrogens is 2. The highest BCUT2D eigenvalue weighted by atomic mass is 19.1. The van der Waals surface area contributed by atoms with Crippen LogP contribution in [0, 0.1) is 12.7 Å². The van der Waals surface area contributed by atoms with Gasteiger partial charge >= 0.3 is 0 Å². The lowest BCUT2D eigenvalue weighted by molar-refractivity contribution is 0.612. The minimum Gasteiger partial charge on any atom is -0.375 e. The van der Waals surface area contributed by atoms with E-state index in [4.69, 9.17) is 0 Å². The van der Waals surface area contributed by atoms with Crippen LogP contribution in [0.15, 0.2) is 24.4 Å². The van der Waals surface area contributed by atoms with Crippen molar-refractivity contribution in [2.75, 3.05) is 5.32 Å². The van der Waals surface area contributed by atoms with E-state index in [0.717, 1.165) is 35.3 Å². The monoisotopic (exact) mass is 245 g/mol. The van der Waals surface area contributed by atoms with Crippen molar-refractivity contribution in [2.45, 2.75) is 25.8 Å². The Hall–Kier alpha value is -1.84. The molecule has 0 spiro atoms. The van der Waals surface area contributed by atoms with Crippen LogP contribution >= 0.6 is 0 Å². The second-order valence-corrected chi connectivity index (χ2v) is 4.85. The normalized spacial score (nSPS) is 17.8. The van der Waals surface area contributed by atoms with Crippen LogP contribution in [0.1, 0.15) is 29.3 Å². The zero-order valence-corrected chi connectivity index (χ0v) is 10.6. The molecule has 1 heterocycles. The number of nitrogens with one attached hydrogen (secondary N) is 1. The predicted octanol–water partition coefficient (Wildman–Crippen LogP) is 2.97. The van der Waals surface area contributed by atoms with Gasteiger partial charge in [0.15, 0.2) is 0 Å². The fraction of sp³-hybridized carbons (Fsp3) is 0.357. The Balaban J connectivity index is 1.89. The zero-order valence-electron chi connectivity index (χ0n) is 10.6. The molecule has 1 atom stereocenters. The van der Waals surface area contributed by atoms with E-state index in [1.165, 1.54) is 6.07 Å². The average Bonchev–Trinajstić information content (AvgIpc) is 2.86. The standard InChI is InChI=1S/C14H16FN3/c1-9-14(8-18(2)17-9)16-13-7-6-10-11(13)4-3-5-12(10)15/h3-5,8,13,16H,6-7H2,1-2H3. The summed E-state index contributed by atoms with van der Waals surface area (Å²) in [5.74, 6) is -0.0836. The van der Waals surface area contributed by atoms with Crippen LogP contribution in [0.5, 0.6) is 0 Å². The first kappa shape index (κ1) is 11.3. The second kappa shape index (κ2) is 4.12. The number of nitrogens with zero attached hydrogens (tertiary/aromatic N) is 2. The number of hydrogen-bond donors (Lipinski definition) is 1. The van der Waals surface area contributed by atoms with Gasteiger partial charge in [0.1, 0.15) is 5.82 Å². The average molecular weight is 245 g/mol. The van der Waals surface area contributed by atoms with E-state index < -0.39 is 0 Å². The van der Waals surface area contributed by atoms with Crippen molar-refractivity contribution in [3.05, 3.63) is 47.0 Å². The minimum absolute atomic E-state index is 0.0836. The zero-order chi connectivity index (χ0) is 12.7. The maximum Gasteiger partial charge on any atom is 0.126 e. The molecular formula is C14H16FN3. The van der Waals surface area contributed by atoms with Crippen LogP contribution in [0.25, 0.3) is 0 Å². The molecule has 1 aliphatic rings. The quantitative estimate of drug-likeness (QED) is 0.881. The van der Waals surface area contributed by atoms with E-state index in [0.29, 0.717) is 0 Å². The summed E-state index contributed by atoms with van der Waals surface area (Å²) in [5.41, 5.74) is 3.94. The molecule has 1 aliphatic carbocycles. The highest BCUT2D eigenvalue weighted by Crippen LogP contribution is 2.35. The number of halogens is 1. The summed E-state index contributed by atoms with van der Waals surface area (Å²) < 4.78 is 15.4. The van der Waals surface area contributed by atoms with Gasteiger partial charge in [-0.2, -0.15) is 5.10 Å². The van der Waals surface area contributed by atoms with Gasteiger partial charge in [-0.05, 0) is 37.0 Å². The van der Waals surface area contributed by atoms with Crippen molar-refractivity contribution in [3.63, 3.8) is 0 Å². The molecule has 0 aliphatic heterocycles.